The molecule has 0 radical (unpaired) electrons. The fraction of sp³-hybridized carbons (Fsp3) is 0.727. The van der Waals surface area contributed by atoms with Gasteiger partial charge >= 0.3 is 11.9 Å². The van der Waals surface area contributed by atoms with Crippen molar-refractivity contribution in [2.75, 3.05) is 47.5 Å². The largest absolute Gasteiger partial charge is 0.756 e. The number of phosphoric ester groups is 1. The van der Waals surface area contributed by atoms with Gasteiger partial charge in [0, 0.05) is 12.8 Å². The number of unbranched alkanes of at least 4 members (excludes halogenated alkanes) is 9. The van der Waals surface area contributed by atoms with Crippen molar-refractivity contribution in [3.8, 4) is 0 Å². The predicted molar refractivity (Wildman–Crippen MR) is 221 cm³/mol. The van der Waals surface area contributed by atoms with Crippen LogP contribution in [0.5, 0.6) is 0 Å². The summed E-state index contributed by atoms with van der Waals surface area (Å²) in [5.41, 5.74) is 0. The normalized spacial score (nSPS) is 17.9. The summed E-state index contributed by atoms with van der Waals surface area (Å²) in [5, 5.41) is 0. The highest BCUT2D eigenvalue weighted by Gasteiger charge is 2.36. The fourth-order valence-electron chi connectivity index (χ4n) is 5.53. The molecule has 55 heavy (non-hydrogen) atoms. The predicted octanol–water partition coefficient (Wildman–Crippen LogP) is 10.0. The molecular formula is C44H76NO9P. The van der Waals surface area contributed by atoms with Gasteiger partial charge in [-0.15, -0.1) is 0 Å². The minimum absolute atomic E-state index is 0.0469. The molecule has 1 heterocycles. The number of esters is 2. The molecule has 1 saturated heterocycles. The van der Waals surface area contributed by atoms with Gasteiger partial charge in [0.1, 0.15) is 19.8 Å². The molecule has 0 bridgehead atoms. The second-order valence-corrected chi connectivity index (χ2v) is 16.8. The van der Waals surface area contributed by atoms with E-state index in [1.165, 1.54) is 19.3 Å². The highest BCUT2D eigenvalue weighted by atomic mass is 31.2. The maximum atomic E-state index is 12.6. The van der Waals surface area contributed by atoms with Gasteiger partial charge in [-0.25, -0.2) is 0 Å². The second kappa shape index (κ2) is 32.7. The standard InChI is InChI=1S/C44H76NO9P/c1-6-8-10-12-14-15-16-17-18-19-20-21-22-26-31-35-44(47)53-40(39-52-55(48,49)51-37-36-45(3,4)5)38-50-43(46)34-30-27-23-25-29-33-42-41(54-42)32-28-24-13-11-9-7-2/h8,10,14-15,17-18,20-21,24,28,40-42H,6-7,9,11-13,16,19,22-23,25-27,29-39H2,1-5H3/b10-8-,15-14-,18-17-,21-20-,28-24-/t40-,41?,42?/m1/s1. The van der Waals surface area contributed by atoms with Gasteiger partial charge in [-0.2, -0.15) is 0 Å². The minimum atomic E-state index is -4.65. The summed E-state index contributed by atoms with van der Waals surface area (Å²) >= 11 is 0. The molecule has 10 nitrogen and oxygen atoms in total. The summed E-state index contributed by atoms with van der Waals surface area (Å²) < 4.78 is 39.6. The monoisotopic (exact) mass is 794 g/mol. The zero-order chi connectivity index (χ0) is 40.5. The summed E-state index contributed by atoms with van der Waals surface area (Å²) in [6.07, 6.45) is 39.9. The third-order valence-corrected chi connectivity index (χ3v) is 9.91. The Morgan fingerprint density at radius 3 is 1.95 bits per heavy atom. The molecule has 1 aliphatic rings. The summed E-state index contributed by atoms with van der Waals surface area (Å²) in [4.78, 5) is 37.5. The second-order valence-electron chi connectivity index (χ2n) is 15.4. The minimum Gasteiger partial charge on any atom is -0.756 e. The van der Waals surface area contributed by atoms with Crippen LogP contribution in [-0.4, -0.2) is 82.2 Å². The van der Waals surface area contributed by atoms with Crippen LogP contribution >= 0.6 is 7.82 Å². The van der Waals surface area contributed by atoms with Crippen molar-refractivity contribution >= 4 is 19.8 Å². The van der Waals surface area contributed by atoms with Crippen LogP contribution in [0.4, 0.5) is 0 Å². The Kier molecular flexibility index (Phi) is 30.2. The average Bonchev–Trinajstić information content (AvgIpc) is 3.89. The van der Waals surface area contributed by atoms with Gasteiger partial charge in [-0.05, 0) is 77.0 Å². The number of phosphoric acid groups is 1. The van der Waals surface area contributed by atoms with E-state index in [0.29, 0.717) is 36.1 Å². The molecule has 4 atom stereocenters. The average molecular weight is 794 g/mol. The van der Waals surface area contributed by atoms with E-state index in [9.17, 15) is 19.0 Å². The lowest BCUT2D eigenvalue weighted by Gasteiger charge is -2.28. The lowest BCUT2D eigenvalue weighted by atomic mass is 10.1. The quantitative estimate of drug-likeness (QED) is 0.0152. The molecule has 316 valence electrons. The van der Waals surface area contributed by atoms with Crippen LogP contribution in [0.15, 0.2) is 60.8 Å². The highest BCUT2D eigenvalue weighted by Crippen LogP contribution is 2.38. The lowest BCUT2D eigenvalue weighted by Crippen LogP contribution is -2.37. The van der Waals surface area contributed by atoms with Gasteiger partial charge in [-0.3, -0.25) is 14.2 Å². The number of rotatable bonds is 36. The summed E-state index contributed by atoms with van der Waals surface area (Å²) in [6.45, 7) is 3.98. The molecule has 0 aromatic carbocycles. The Morgan fingerprint density at radius 2 is 1.27 bits per heavy atom. The molecule has 0 aliphatic carbocycles. The van der Waals surface area contributed by atoms with Crippen LogP contribution in [0.3, 0.4) is 0 Å². The van der Waals surface area contributed by atoms with E-state index < -0.39 is 32.5 Å². The number of carbonyl (C=O) groups is 2. The van der Waals surface area contributed by atoms with Crippen molar-refractivity contribution in [1.29, 1.82) is 0 Å². The van der Waals surface area contributed by atoms with E-state index in [1.54, 1.807) is 0 Å². The molecule has 0 aromatic rings. The molecule has 1 rings (SSSR count). The van der Waals surface area contributed by atoms with E-state index in [0.717, 1.165) is 83.5 Å². The molecule has 0 N–H and O–H groups in total. The van der Waals surface area contributed by atoms with Crippen molar-refractivity contribution in [2.45, 2.75) is 161 Å². The third-order valence-electron chi connectivity index (χ3n) is 8.95. The van der Waals surface area contributed by atoms with Crippen molar-refractivity contribution in [3.05, 3.63) is 60.8 Å². The van der Waals surface area contributed by atoms with E-state index in [1.807, 2.05) is 21.1 Å². The first-order chi connectivity index (χ1) is 26.5. The fourth-order valence-corrected chi connectivity index (χ4v) is 6.26. The number of epoxide rings is 1. The van der Waals surface area contributed by atoms with Crippen LogP contribution in [0.1, 0.15) is 142 Å². The number of carbonyl (C=O) groups excluding carboxylic acids is 2. The van der Waals surface area contributed by atoms with Crippen LogP contribution in [0.25, 0.3) is 0 Å². The zero-order valence-electron chi connectivity index (χ0n) is 35.0. The van der Waals surface area contributed by atoms with Crippen molar-refractivity contribution in [2.24, 2.45) is 0 Å². The first kappa shape index (κ1) is 50.7. The van der Waals surface area contributed by atoms with E-state index in [4.69, 9.17) is 23.3 Å². The maximum Gasteiger partial charge on any atom is 0.306 e. The number of nitrogens with zero attached hydrogens (tertiary/aromatic N) is 1. The Hall–Kier alpha value is -2.33. The van der Waals surface area contributed by atoms with Gasteiger partial charge in [0.05, 0.1) is 40.0 Å². The lowest BCUT2D eigenvalue weighted by molar-refractivity contribution is -0.870. The Labute approximate surface area is 334 Å². The van der Waals surface area contributed by atoms with E-state index >= 15 is 0 Å². The maximum absolute atomic E-state index is 12.6. The van der Waals surface area contributed by atoms with Crippen LogP contribution in [0, 0.1) is 0 Å². The van der Waals surface area contributed by atoms with Crippen LogP contribution in [0.2, 0.25) is 0 Å². The molecule has 3 unspecified atom stereocenters. The van der Waals surface area contributed by atoms with Crippen LogP contribution < -0.4 is 4.89 Å². The number of quaternary nitrogens is 1. The van der Waals surface area contributed by atoms with Crippen molar-refractivity contribution in [1.82, 2.24) is 0 Å². The number of hydrogen-bond acceptors (Lipinski definition) is 9. The topological polar surface area (TPSA) is 124 Å². The van der Waals surface area contributed by atoms with Gasteiger partial charge in [0.15, 0.2) is 6.10 Å². The Bertz CT molecular complexity index is 1190. The van der Waals surface area contributed by atoms with Gasteiger partial charge < -0.3 is 32.6 Å². The molecule has 0 saturated carbocycles. The summed E-state index contributed by atoms with van der Waals surface area (Å²) in [6, 6.07) is 0. The number of hydrogen-bond donors (Lipinski definition) is 0. The third kappa shape index (κ3) is 33.5. The number of ether oxygens (including phenoxy) is 3. The van der Waals surface area contributed by atoms with E-state index in [-0.39, 0.29) is 26.1 Å². The van der Waals surface area contributed by atoms with Crippen LogP contribution in [-0.2, 0) is 37.4 Å². The summed E-state index contributed by atoms with van der Waals surface area (Å²) in [5.74, 6) is -0.913. The zero-order valence-corrected chi connectivity index (χ0v) is 35.9. The Balaban J connectivity index is 2.34. The first-order valence-electron chi connectivity index (χ1n) is 21.1. The smallest absolute Gasteiger partial charge is 0.306 e. The first-order valence-corrected chi connectivity index (χ1v) is 22.6. The van der Waals surface area contributed by atoms with Crippen molar-refractivity contribution in [3.63, 3.8) is 0 Å². The van der Waals surface area contributed by atoms with Gasteiger partial charge in [0.2, 0.25) is 0 Å². The molecule has 1 fully saturated rings. The molecule has 0 amide bonds. The SMILES string of the molecule is CC/C=C\C/C=C\C/C=C\C/C=C\CCCCC(=O)O[C@H](COC(=O)CCCCCCCC1OC1C/C=C\CCCCC)COP(=O)([O-])OCC[N+](C)(C)C. The van der Waals surface area contributed by atoms with E-state index in [2.05, 4.69) is 74.6 Å². The Morgan fingerprint density at radius 1 is 0.691 bits per heavy atom. The number of likely N-dealkylation sites (N-methyl/N-ethyl adjacent to an activating group) is 1. The molecule has 0 aromatic heterocycles. The molecule has 0 spiro atoms. The highest BCUT2D eigenvalue weighted by molar-refractivity contribution is 7.45. The molecular weight excluding hydrogens is 717 g/mol. The van der Waals surface area contributed by atoms with Gasteiger partial charge in [0.25, 0.3) is 7.82 Å². The summed E-state index contributed by atoms with van der Waals surface area (Å²) in [7, 11) is 1.11. The molecule has 11 heteroatoms. The van der Waals surface area contributed by atoms with Gasteiger partial charge in [-0.1, -0.05) is 113 Å². The van der Waals surface area contributed by atoms with Crippen molar-refractivity contribution < 1.29 is 46.8 Å². The molecule has 1 aliphatic heterocycles. The number of allylic oxidation sites excluding steroid dienone is 9.